The molecule has 0 saturated heterocycles. The normalized spacial score (nSPS) is 11.6. The summed E-state index contributed by atoms with van der Waals surface area (Å²) in [6.45, 7) is 2.70. The average molecular weight is 1320 g/mol. The van der Waals surface area contributed by atoms with Gasteiger partial charge in [0.15, 0.2) is 31.4 Å². The standard InChI is InChI=1S/C29H18F7NO6.2C18H15OP.Eu/c1-14(38)16-3-7-18(8-4-16)37(19-9-5-17(6-10-19)15(2)39)20-11-12-21-22(13-20)43-26(42)23(24(21)40)25(41)27(30,31)28(32,33)29(34,35)36;2*19-20(16-10-4-1-5-11-16,17-12-6-2-7-13-17)18-14-8-3-9-15-18;/h3-13,40H,1-2H3;2*1-15H;. The van der Waals surface area contributed by atoms with Crippen LogP contribution in [0.1, 0.15) is 44.9 Å². The van der Waals surface area contributed by atoms with Crippen molar-refractivity contribution >= 4 is 91.5 Å². The second kappa shape index (κ2) is 26.9. The maximum atomic E-state index is 14.1. The number of carbonyl (C=O) groups is 3. The van der Waals surface area contributed by atoms with E-state index in [1.807, 2.05) is 182 Å². The second-order valence-corrected chi connectivity index (χ2v) is 24.1. The molecule has 1 aromatic heterocycles. The number of rotatable bonds is 14. The third-order valence-corrected chi connectivity index (χ3v) is 19.3. The molecule has 10 aromatic rings. The van der Waals surface area contributed by atoms with Gasteiger partial charge in [-0.2, -0.15) is 30.7 Å². The molecule has 1 radical (unpaired) electrons. The van der Waals surface area contributed by atoms with E-state index in [1.54, 1.807) is 24.3 Å². The number of anilines is 3. The van der Waals surface area contributed by atoms with Crippen LogP contribution in [-0.2, 0) is 9.13 Å². The van der Waals surface area contributed by atoms with Crippen molar-refractivity contribution in [2.45, 2.75) is 31.9 Å². The zero-order valence-corrected chi connectivity index (χ0v) is 48.6. The fraction of sp³-hybridized carbons (Fsp3) is 0.0769. The number of Topliss-reactive ketones (excluding diaryl/α,β-unsaturated/α-hetero) is 3. The molecule has 0 saturated carbocycles. The van der Waals surface area contributed by atoms with Gasteiger partial charge in [-0.1, -0.05) is 182 Å². The molecule has 0 aliphatic heterocycles. The number of alkyl halides is 7. The molecule has 1 heterocycles. The summed E-state index contributed by atoms with van der Waals surface area (Å²) in [6.07, 6.45) is -6.86. The van der Waals surface area contributed by atoms with Crippen LogP contribution in [0.3, 0.4) is 0 Å². The fourth-order valence-electron chi connectivity index (χ4n) is 8.85. The summed E-state index contributed by atoms with van der Waals surface area (Å²) in [5.41, 5.74) is -2.97. The molecule has 0 unspecified atom stereocenters. The first-order chi connectivity index (χ1) is 39.5. The number of aromatic hydroxyl groups is 1. The summed E-state index contributed by atoms with van der Waals surface area (Å²) in [4.78, 5) is 49.6. The van der Waals surface area contributed by atoms with Crippen LogP contribution in [0.4, 0.5) is 47.8 Å². The topological polar surface area (TPSA) is 139 Å². The number of halogens is 7. The van der Waals surface area contributed by atoms with E-state index < -0.39 is 66.0 Å². The Balaban J connectivity index is 0.000000204. The minimum Gasteiger partial charge on any atom is -0.506 e. The van der Waals surface area contributed by atoms with Crippen LogP contribution in [0.25, 0.3) is 11.0 Å². The molecule has 0 amide bonds. The van der Waals surface area contributed by atoms with Crippen LogP contribution in [0.5, 0.6) is 5.75 Å². The van der Waals surface area contributed by atoms with Crippen molar-refractivity contribution in [2.75, 3.05) is 4.90 Å². The quantitative estimate of drug-likeness (QED) is 0.0488. The van der Waals surface area contributed by atoms with Gasteiger partial charge in [-0.25, -0.2) is 4.79 Å². The molecule has 0 aliphatic carbocycles. The van der Waals surface area contributed by atoms with Crippen LogP contribution < -0.4 is 42.4 Å². The van der Waals surface area contributed by atoms with Crippen molar-refractivity contribution < 1.29 is 113 Å². The number of hydrogen-bond donors (Lipinski definition) is 1. The Morgan fingerprint density at radius 3 is 1.00 bits per heavy atom. The van der Waals surface area contributed by atoms with E-state index in [9.17, 15) is 64.1 Å². The molecule has 84 heavy (non-hydrogen) atoms. The average Bonchev–Trinajstić information content (AvgIpc) is 3.59. The first-order valence-electron chi connectivity index (χ1n) is 25.2. The van der Waals surface area contributed by atoms with Gasteiger partial charge in [-0.15, -0.1) is 0 Å². The first kappa shape index (κ1) is 63.9. The van der Waals surface area contributed by atoms with E-state index in [4.69, 9.17) is 4.42 Å². The van der Waals surface area contributed by atoms with Crippen LogP contribution in [0.15, 0.2) is 258 Å². The van der Waals surface area contributed by atoms with Crippen molar-refractivity contribution in [3.05, 3.63) is 276 Å². The summed E-state index contributed by atoms with van der Waals surface area (Å²) in [5, 5.41) is 15.1. The number of fused-ring (bicyclic) bond motifs is 1. The maximum Gasteiger partial charge on any atom is 0.460 e. The van der Waals surface area contributed by atoms with Gasteiger partial charge in [0.2, 0.25) is 5.78 Å². The minimum atomic E-state index is -6.87. The van der Waals surface area contributed by atoms with Crippen molar-refractivity contribution in [1.29, 1.82) is 0 Å². The summed E-state index contributed by atoms with van der Waals surface area (Å²) in [7, 11) is -5.55. The number of hydrogen-bond acceptors (Lipinski definition) is 9. The Hall–Kier alpha value is -7.65. The van der Waals surface area contributed by atoms with Gasteiger partial charge in [0.25, 0.3) is 0 Å². The zero-order chi connectivity index (χ0) is 59.7. The first-order valence-corrected chi connectivity index (χ1v) is 28.7. The van der Waals surface area contributed by atoms with Crippen molar-refractivity contribution in [1.82, 2.24) is 0 Å². The van der Waals surface area contributed by atoms with E-state index >= 15 is 0 Å². The number of benzene rings is 9. The largest absolute Gasteiger partial charge is 0.506 e. The molecule has 1 N–H and O–H groups in total. The third kappa shape index (κ3) is 13.3. The Morgan fingerprint density at radius 1 is 0.440 bits per heavy atom. The smallest absolute Gasteiger partial charge is 0.460 e. The molecule has 9 nitrogen and oxygen atoms in total. The molecule has 10 rings (SSSR count). The summed E-state index contributed by atoms with van der Waals surface area (Å²) >= 11 is 0. The minimum absolute atomic E-state index is 0. The summed E-state index contributed by atoms with van der Waals surface area (Å²) < 4.78 is 125. The maximum absolute atomic E-state index is 14.1. The van der Waals surface area contributed by atoms with Crippen LogP contribution in [0, 0.1) is 49.4 Å². The van der Waals surface area contributed by atoms with Crippen molar-refractivity contribution in [3.8, 4) is 5.75 Å². The van der Waals surface area contributed by atoms with E-state index in [-0.39, 0.29) is 66.6 Å². The summed E-state index contributed by atoms with van der Waals surface area (Å²) in [5.74, 6) is -18.7. The van der Waals surface area contributed by atoms with Crippen LogP contribution >= 0.6 is 14.3 Å². The monoisotopic (exact) mass is 1320 g/mol. The fourth-order valence-corrected chi connectivity index (χ4v) is 14.2. The Labute approximate surface area is 518 Å². The second-order valence-electron chi connectivity index (χ2n) is 18.5. The van der Waals surface area contributed by atoms with Crippen LogP contribution in [0.2, 0.25) is 0 Å². The van der Waals surface area contributed by atoms with Crippen molar-refractivity contribution in [2.24, 2.45) is 0 Å². The van der Waals surface area contributed by atoms with Gasteiger partial charge in [-0.3, -0.25) is 14.4 Å². The van der Waals surface area contributed by atoms with Gasteiger partial charge in [-0.05, 0) is 74.5 Å². The van der Waals surface area contributed by atoms with Gasteiger partial charge >= 0.3 is 23.6 Å². The van der Waals surface area contributed by atoms with Crippen molar-refractivity contribution in [3.63, 3.8) is 0 Å². The molecule has 0 spiro atoms. The third-order valence-electron chi connectivity index (χ3n) is 13.2. The predicted octanol–water partition coefficient (Wildman–Crippen LogP) is 14.0. The molecular formula is C65H48EuF7NO8P2. The predicted molar refractivity (Wildman–Crippen MR) is 311 cm³/mol. The molecular weight excluding hydrogens is 1270 g/mol. The van der Waals surface area contributed by atoms with E-state index in [0.717, 1.165) is 44.0 Å². The van der Waals surface area contributed by atoms with E-state index in [0.29, 0.717) is 22.5 Å². The number of nitrogens with zero attached hydrogens (tertiary/aromatic N) is 1. The zero-order valence-electron chi connectivity index (χ0n) is 44.3. The molecule has 0 bridgehead atoms. The van der Waals surface area contributed by atoms with Gasteiger partial charge in [0.05, 0.1) is 5.39 Å². The van der Waals surface area contributed by atoms with E-state index in [2.05, 4.69) is 0 Å². The van der Waals surface area contributed by atoms with Gasteiger partial charge in [0, 0.05) is 115 Å². The van der Waals surface area contributed by atoms with E-state index in [1.165, 1.54) is 49.1 Å². The van der Waals surface area contributed by atoms with Crippen LogP contribution in [-0.4, -0.2) is 40.5 Å². The SMILES string of the molecule is CC(=O)c1ccc(N(c2ccc(C(C)=O)cc2)c2ccc3c(O)c(C(=O)C(F)(F)C(F)(F)C(F)(F)F)c(=O)oc3c2)cc1.O=P(c1ccccc1)(c1ccccc1)c1ccccc1.O=P(c1ccccc1)(c1ccccc1)c1ccccc1.[Eu]. The Morgan fingerprint density at radius 2 is 0.726 bits per heavy atom. The Bertz CT molecular complexity index is 3670. The number of carbonyl (C=O) groups excluding carboxylic acids is 3. The molecule has 9 aromatic carbocycles. The summed E-state index contributed by atoms with van der Waals surface area (Å²) in [6, 6.07) is 73.8. The molecule has 0 atom stereocenters. The molecule has 19 heteroatoms. The number of ketones is 3. The Kier molecular flexibility index (Phi) is 20.5. The molecule has 427 valence electrons. The molecule has 0 aliphatic rings. The van der Waals surface area contributed by atoms with Gasteiger partial charge < -0.3 is 23.6 Å². The molecule has 0 fully saturated rings. The van der Waals surface area contributed by atoms with Gasteiger partial charge in [0.1, 0.15) is 11.3 Å².